The SMILES string of the molecule is Cc1cccc(-n2nc(-c3ccc(Cl)c(C(F)(F)F)c3)c3c2NCCCC3)c1. The molecule has 3 aromatic rings. The summed E-state index contributed by atoms with van der Waals surface area (Å²) in [5, 5.41) is 7.82. The highest BCUT2D eigenvalue weighted by atomic mass is 35.5. The first kappa shape index (κ1) is 18.9. The van der Waals surface area contributed by atoms with Gasteiger partial charge in [0.05, 0.1) is 22.0 Å². The van der Waals surface area contributed by atoms with Crippen LogP contribution >= 0.6 is 11.6 Å². The Morgan fingerprint density at radius 3 is 2.68 bits per heavy atom. The quantitative estimate of drug-likeness (QED) is 0.544. The summed E-state index contributed by atoms with van der Waals surface area (Å²) in [6, 6.07) is 11.9. The Labute approximate surface area is 166 Å². The van der Waals surface area contributed by atoms with Crippen LogP contribution in [-0.2, 0) is 12.6 Å². The fraction of sp³-hybridized carbons (Fsp3) is 0.286. The van der Waals surface area contributed by atoms with Gasteiger partial charge in [-0.1, -0.05) is 29.8 Å². The number of hydrogen-bond donors (Lipinski definition) is 1. The standard InChI is InChI=1S/C21H19ClF3N3/c1-13-5-4-6-15(11-13)28-20-16(7-2-3-10-26-20)19(27-28)14-8-9-18(22)17(12-14)21(23,24)25/h4-6,8-9,11-12,26H,2-3,7,10H2,1H3. The predicted octanol–water partition coefficient (Wildman–Crippen LogP) is 6.27. The van der Waals surface area contributed by atoms with Crippen LogP contribution in [0.2, 0.25) is 5.02 Å². The third kappa shape index (κ3) is 3.49. The molecule has 0 aliphatic carbocycles. The molecule has 1 aliphatic rings. The van der Waals surface area contributed by atoms with Crippen molar-refractivity contribution in [2.24, 2.45) is 0 Å². The van der Waals surface area contributed by atoms with Gasteiger partial charge in [-0.05, 0) is 56.0 Å². The van der Waals surface area contributed by atoms with Crippen LogP contribution in [0, 0.1) is 6.92 Å². The molecule has 0 spiro atoms. The summed E-state index contributed by atoms with van der Waals surface area (Å²) in [6.07, 6.45) is -1.81. The van der Waals surface area contributed by atoms with Crippen LogP contribution in [0.4, 0.5) is 19.0 Å². The lowest BCUT2D eigenvalue weighted by Gasteiger charge is -2.10. The summed E-state index contributed by atoms with van der Waals surface area (Å²) < 4.78 is 41.8. The van der Waals surface area contributed by atoms with Crippen LogP contribution in [0.15, 0.2) is 42.5 Å². The predicted molar refractivity (Wildman–Crippen MR) is 105 cm³/mol. The van der Waals surface area contributed by atoms with Crippen LogP contribution in [0.25, 0.3) is 16.9 Å². The number of anilines is 1. The van der Waals surface area contributed by atoms with E-state index in [9.17, 15) is 13.2 Å². The topological polar surface area (TPSA) is 29.9 Å². The van der Waals surface area contributed by atoms with Gasteiger partial charge >= 0.3 is 6.18 Å². The van der Waals surface area contributed by atoms with E-state index in [0.717, 1.165) is 54.5 Å². The lowest BCUT2D eigenvalue weighted by Crippen LogP contribution is -2.07. The maximum Gasteiger partial charge on any atom is 0.417 e. The molecule has 1 aromatic heterocycles. The summed E-state index contributed by atoms with van der Waals surface area (Å²) in [6.45, 7) is 2.80. The molecule has 0 saturated heterocycles. The van der Waals surface area contributed by atoms with Crippen molar-refractivity contribution in [3.8, 4) is 16.9 Å². The number of nitrogens with zero attached hydrogens (tertiary/aromatic N) is 2. The average Bonchev–Trinajstić information content (AvgIpc) is 2.82. The van der Waals surface area contributed by atoms with E-state index in [4.69, 9.17) is 16.7 Å². The third-order valence-corrected chi connectivity index (χ3v) is 5.25. The van der Waals surface area contributed by atoms with E-state index in [0.29, 0.717) is 11.3 Å². The number of hydrogen-bond acceptors (Lipinski definition) is 2. The molecule has 4 rings (SSSR count). The minimum atomic E-state index is -4.51. The van der Waals surface area contributed by atoms with Gasteiger partial charge in [-0.15, -0.1) is 0 Å². The number of fused-ring (bicyclic) bond motifs is 1. The van der Waals surface area contributed by atoms with Gasteiger partial charge in [0.1, 0.15) is 5.82 Å². The molecule has 2 aromatic carbocycles. The Balaban J connectivity index is 1.91. The van der Waals surface area contributed by atoms with E-state index in [2.05, 4.69) is 5.32 Å². The molecule has 28 heavy (non-hydrogen) atoms. The van der Waals surface area contributed by atoms with Gasteiger partial charge in [0, 0.05) is 17.7 Å². The van der Waals surface area contributed by atoms with E-state index >= 15 is 0 Å². The van der Waals surface area contributed by atoms with Gasteiger partial charge in [0.2, 0.25) is 0 Å². The van der Waals surface area contributed by atoms with Gasteiger partial charge in [0.25, 0.3) is 0 Å². The Hall–Kier alpha value is -2.47. The average molecular weight is 406 g/mol. The Kier molecular flexibility index (Phi) is 4.83. The van der Waals surface area contributed by atoms with E-state index in [1.807, 2.05) is 31.2 Å². The normalized spacial score (nSPS) is 14.3. The Morgan fingerprint density at radius 1 is 1.11 bits per heavy atom. The number of rotatable bonds is 2. The Morgan fingerprint density at radius 2 is 1.93 bits per heavy atom. The summed E-state index contributed by atoms with van der Waals surface area (Å²) in [5.41, 5.74) is 3.04. The number of halogens is 4. The molecule has 1 aliphatic heterocycles. The van der Waals surface area contributed by atoms with Gasteiger partial charge in [-0.25, -0.2) is 4.68 Å². The van der Waals surface area contributed by atoms with Crippen molar-refractivity contribution in [1.82, 2.24) is 9.78 Å². The Bertz CT molecular complexity index is 1020. The fourth-order valence-electron chi connectivity index (χ4n) is 3.57. The zero-order valence-corrected chi connectivity index (χ0v) is 16.0. The summed E-state index contributed by atoms with van der Waals surface area (Å²) in [5.74, 6) is 0.849. The summed E-state index contributed by atoms with van der Waals surface area (Å²) in [7, 11) is 0. The highest BCUT2D eigenvalue weighted by Gasteiger charge is 2.34. The number of aromatic nitrogens is 2. The second kappa shape index (κ2) is 7.17. The van der Waals surface area contributed by atoms with Crippen molar-refractivity contribution in [3.05, 3.63) is 64.2 Å². The molecule has 0 amide bonds. The molecule has 2 heterocycles. The minimum Gasteiger partial charge on any atom is -0.370 e. The van der Waals surface area contributed by atoms with Crippen molar-refractivity contribution < 1.29 is 13.2 Å². The van der Waals surface area contributed by atoms with Crippen LogP contribution in [0.5, 0.6) is 0 Å². The molecule has 0 radical (unpaired) electrons. The zero-order chi connectivity index (χ0) is 19.9. The molecule has 3 nitrogen and oxygen atoms in total. The first-order valence-corrected chi connectivity index (χ1v) is 9.52. The van der Waals surface area contributed by atoms with E-state index < -0.39 is 11.7 Å². The molecule has 0 fully saturated rings. The molecule has 1 N–H and O–H groups in total. The van der Waals surface area contributed by atoms with Gasteiger partial charge in [0.15, 0.2) is 0 Å². The summed E-state index contributed by atoms with van der Waals surface area (Å²) >= 11 is 5.80. The molecule has 146 valence electrons. The number of alkyl halides is 3. The first-order chi connectivity index (χ1) is 13.3. The van der Waals surface area contributed by atoms with E-state index in [1.165, 1.54) is 6.07 Å². The number of benzene rings is 2. The lowest BCUT2D eigenvalue weighted by molar-refractivity contribution is -0.137. The molecule has 7 heteroatoms. The summed E-state index contributed by atoms with van der Waals surface area (Å²) in [4.78, 5) is 0. The van der Waals surface area contributed by atoms with Crippen molar-refractivity contribution in [3.63, 3.8) is 0 Å². The minimum absolute atomic E-state index is 0.307. The molecule has 0 bridgehead atoms. The molecule has 0 saturated carbocycles. The maximum atomic E-state index is 13.3. The lowest BCUT2D eigenvalue weighted by atomic mass is 10.0. The monoisotopic (exact) mass is 405 g/mol. The molecule has 0 atom stereocenters. The van der Waals surface area contributed by atoms with Gasteiger partial charge in [-0.2, -0.15) is 18.3 Å². The van der Waals surface area contributed by atoms with Crippen molar-refractivity contribution in [1.29, 1.82) is 0 Å². The highest BCUT2D eigenvalue weighted by molar-refractivity contribution is 6.31. The second-order valence-electron chi connectivity index (χ2n) is 7.00. The van der Waals surface area contributed by atoms with Gasteiger partial charge < -0.3 is 5.32 Å². The number of nitrogens with one attached hydrogen (secondary N) is 1. The van der Waals surface area contributed by atoms with Crippen molar-refractivity contribution in [2.45, 2.75) is 32.4 Å². The smallest absolute Gasteiger partial charge is 0.370 e. The zero-order valence-electron chi connectivity index (χ0n) is 15.3. The van der Waals surface area contributed by atoms with Crippen LogP contribution in [-0.4, -0.2) is 16.3 Å². The maximum absolute atomic E-state index is 13.3. The molecule has 0 unspecified atom stereocenters. The van der Waals surface area contributed by atoms with Crippen LogP contribution in [0.1, 0.15) is 29.5 Å². The largest absolute Gasteiger partial charge is 0.417 e. The van der Waals surface area contributed by atoms with E-state index in [1.54, 1.807) is 10.7 Å². The van der Waals surface area contributed by atoms with Crippen molar-refractivity contribution in [2.75, 3.05) is 11.9 Å². The molecular weight excluding hydrogens is 387 g/mol. The van der Waals surface area contributed by atoms with E-state index in [-0.39, 0.29) is 5.02 Å². The van der Waals surface area contributed by atoms with Crippen LogP contribution in [0.3, 0.4) is 0 Å². The van der Waals surface area contributed by atoms with Gasteiger partial charge in [-0.3, -0.25) is 0 Å². The second-order valence-corrected chi connectivity index (χ2v) is 7.41. The highest BCUT2D eigenvalue weighted by Crippen LogP contribution is 2.39. The fourth-order valence-corrected chi connectivity index (χ4v) is 3.80. The number of aryl methyl sites for hydroxylation is 1. The first-order valence-electron chi connectivity index (χ1n) is 9.14. The van der Waals surface area contributed by atoms with Crippen LogP contribution < -0.4 is 5.32 Å². The van der Waals surface area contributed by atoms with Crippen molar-refractivity contribution >= 4 is 17.4 Å². The molecular formula is C21H19ClF3N3. The third-order valence-electron chi connectivity index (χ3n) is 4.92.